The lowest BCUT2D eigenvalue weighted by molar-refractivity contribution is -0.385. The number of nitro groups is 1. The monoisotopic (exact) mass is 282 g/mol. The molecule has 0 radical (unpaired) electrons. The third-order valence-electron chi connectivity index (χ3n) is 4.07. The van der Waals surface area contributed by atoms with Crippen LogP contribution < -0.4 is 5.32 Å². The molecule has 3 rings (SSSR count). The first-order valence-corrected chi connectivity index (χ1v) is 7.23. The molecule has 0 aliphatic heterocycles. The van der Waals surface area contributed by atoms with E-state index in [1.165, 1.54) is 24.0 Å². The number of benzene rings is 2. The Morgan fingerprint density at radius 1 is 1.14 bits per heavy atom. The largest absolute Gasteiger partial charge is 0.381 e. The summed E-state index contributed by atoms with van der Waals surface area (Å²) in [6.45, 7) is 2.36. The normalized spacial score (nSPS) is 13.0. The number of rotatable bonds is 4. The third kappa shape index (κ3) is 2.89. The second-order valence-corrected chi connectivity index (χ2v) is 5.57. The molecule has 0 saturated carbocycles. The highest BCUT2D eigenvalue weighted by Crippen LogP contribution is 2.25. The van der Waals surface area contributed by atoms with Crippen LogP contribution in [0.2, 0.25) is 0 Å². The molecule has 0 atom stereocenters. The quantitative estimate of drug-likeness (QED) is 0.681. The average molecular weight is 282 g/mol. The van der Waals surface area contributed by atoms with Crippen molar-refractivity contribution in [2.75, 3.05) is 5.32 Å². The summed E-state index contributed by atoms with van der Waals surface area (Å²) in [6.07, 6.45) is 3.57. The predicted molar refractivity (Wildman–Crippen MR) is 83.6 cm³/mol. The molecule has 4 nitrogen and oxygen atoms in total. The lowest BCUT2D eigenvalue weighted by Crippen LogP contribution is -2.01. The van der Waals surface area contributed by atoms with E-state index in [0.717, 1.165) is 17.7 Å². The Labute approximate surface area is 124 Å². The van der Waals surface area contributed by atoms with Gasteiger partial charge in [0.1, 0.15) is 0 Å². The Hall–Kier alpha value is -2.36. The maximum Gasteiger partial charge on any atom is 0.272 e. The van der Waals surface area contributed by atoms with Gasteiger partial charge < -0.3 is 5.32 Å². The van der Waals surface area contributed by atoms with Gasteiger partial charge in [0.2, 0.25) is 0 Å². The van der Waals surface area contributed by atoms with Crippen LogP contribution in [-0.2, 0) is 19.4 Å². The molecule has 0 fully saturated rings. The summed E-state index contributed by atoms with van der Waals surface area (Å²) in [6, 6.07) is 11.9. The smallest absolute Gasteiger partial charge is 0.272 e. The Balaban J connectivity index is 1.73. The van der Waals surface area contributed by atoms with E-state index in [4.69, 9.17) is 0 Å². The Bertz CT molecular complexity index is 695. The minimum absolute atomic E-state index is 0.184. The summed E-state index contributed by atoms with van der Waals surface area (Å²) in [7, 11) is 0. The van der Waals surface area contributed by atoms with Crippen LogP contribution in [0.3, 0.4) is 0 Å². The highest BCUT2D eigenvalue weighted by atomic mass is 16.6. The van der Waals surface area contributed by atoms with Gasteiger partial charge in [0, 0.05) is 23.9 Å². The van der Waals surface area contributed by atoms with Crippen molar-refractivity contribution >= 4 is 11.4 Å². The summed E-state index contributed by atoms with van der Waals surface area (Å²) >= 11 is 0. The van der Waals surface area contributed by atoms with E-state index >= 15 is 0 Å². The Morgan fingerprint density at radius 2 is 1.95 bits per heavy atom. The number of nitro benzene ring substituents is 1. The van der Waals surface area contributed by atoms with Crippen LogP contribution in [0.4, 0.5) is 11.4 Å². The van der Waals surface area contributed by atoms with E-state index < -0.39 is 0 Å². The molecule has 0 bridgehead atoms. The maximum absolute atomic E-state index is 11.0. The summed E-state index contributed by atoms with van der Waals surface area (Å²) in [4.78, 5) is 10.6. The molecule has 21 heavy (non-hydrogen) atoms. The van der Waals surface area contributed by atoms with Crippen LogP contribution in [0.15, 0.2) is 36.4 Å². The fourth-order valence-electron chi connectivity index (χ4n) is 2.85. The van der Waals surface area contributed by atoms with Crippen molar-refractivity contribution in [3.05, 3.63) is 68.8 Å². The lowest BCUT2D eigenvalue weighted by atomic mass is 10.1. The topological polar surface area (TPSA) is 55.2 Å². The zero-order chi connectivity index (χ0) is 14.8. The van der Waals surface area contributed by atoms with Crippen molar-refractivity contribution in [3.8, 4) is 0 Å². The van der Waals surface area contributed by atoms with E-state index in [-0.39, 0.29) is 10.6 Å². The second-order valence-electron chi connectivity index (χ2n) is 5.57. The van der Waals surface area contributed by atoms with Crippen molar-refractivity contribution in [1.82, 2.24) is 0 Å². The van der Waals surface area contributed by atoms with E-state index in [0.29, 0.717) is 12.1 Å². The zero-order valence-corrected chi connectivity index (χ0v) is 12.1. The number of hydrogen-bond acceptors (Lipinski definition) is 3. The van der Waals surface area contributed by atoms with Crippen molar-refractivity contribution < 1.29 is 4.92 Å². The van der Waals surface area contributed by atoms with Crippen molar-refractivity contribution in [3.63, 3.8) is 0 Å². The Kier molecular flexibility index (Phi) is 3.60. The van der Waals surface area contributed by atoms with E-state index in [2.05, 4.69) is 23.5 Å². The highest BCUT2D eigenvalue weighted by molar-refractivity contribution is 5.51. The van der Waals surface area contributed by atoms with Crippen LogP contribution >= 0.6 is 0 Å². The number of fused-ring (bicyclic) bond motifs is 1. The highest BCUT2D eigenvalue weighted by Gasteiger charge is 2.12. The first-order chi connectivity index (χ1) is 10.1. The van der Waals surface area contributed by atoms with Gasteiger partial charge in [0.25, 0.3) is 5.69 Å². The van der Waals surface area contributed by atoms with Crippen molar-refractivity contribution in [1.29, 1.82) is 0 Å². The summed E-state index contributed by atoms with van der Waals surface area (Å²) in [5.74, 6) is 0. The van der Waals surface area contributed by atoms with Gasteiger partial charge in [-0.05, 0) is 55.0 Å². The van der Waals surface area contributed by atoms with Crippen LogP contribution in [0.25, 0.3) is 0 Å². The molecule has 108 valence electrons. The molecule has 0 spiro atoms. The standard InChI is InChI=1S/C17H18N2O2/c1-12-5-6-13(9-17(12)19(20)21)11-18-16-8-7-14-3-2-4-15(14)10-16/h5-10,18H,2-4,11H2,1H3. The predicted octanol–water partition coefficient (Wildman–Crippen LogP) is 4.00. The van der Waals surface area contributed by atoms with Crippen molar-refractivity contribution in [2.45, 2.75) is 32.7 Å². The van der Waals surface area contributed by atoms with Gasteiger partial charge in [-0.1, -0.05) is 18.2 Å². The number of nitrogens with one attached hydrogen (secondary N) is 1. The van der Waals surface area contributed by atoms with Gasteiger partial charge in [-0.25, -0.2) is 0 Å². The first kappa shape index (κ1) is 13.6. The van der Waals surface area contributed by atoms with Gasteiger partial charge in [-0.15, -0.1) is 0 Å². The lowest BCUT2D eigenvalue weighted by Gasteiger charge is -2.09. The summed E-state index contributed by atoms with van der Waals surface area (Å²) in [5.41, 5.74) is 5.76. The SMILES string of the molecule is Cc1ccc(CNc2ccc3c(c2)CCC3)cc1[N+](=O)[O-]. The van der Waals surface area contributed by atoms with Gasteiger partial charge in [0.15, 0.2) is 0 Å². The summed E-state index contributed by atoms with van der Waals surface area (Å²) < 4.78 is 0. The molecule has 0 unspecified atom stereocenters. The number of anilines is 1. The molecular formula is C17H18N2O2. The third-order valence-corrected chi connectivity index (χ3v) is 4.07. The van der Waals surface area contributed by atoms with E-state index in [1.54, 1.807) is 19.1 Å². The molecular weight excluding hydrogens is 264 g/mol. The molecule has 0 heterocycles. The minimum Gasteiger partial charge on any atom is -0.381 e. The van der Waals surface area contributed by atoms with Crippen LogP contribution in [0, 0.1) is 17.0 Å². The fourth-order valence-corrected chi connectivity index (χ4v) is 2.85. The maximum atomic E-state index is 11.0. The van der Waals surface area contributed by atoms with Gasteiger partial charge in [-0.2, -0.15) is 0 Å². The molecule has 0 saturated heterocycles. The number of hydrogen-bond donors (Lipinski definition) is 1. The Morgan fingerprint density at radius 3 is 2.76 bits per heavy atom. The van der Waals surface area contributed by atoms with Crippen molar-refractivity contribution in [2.24, 2.45) is 0 Å². The average Bonchev–Trinajstić information content (AvgIpc) is 2.93. The summed E-state index contributed by atoms with van der Waals surface area (Å²) in [5, 5.41) is 14.3. The van der Waals surface area contributed by atoms with E-state index in [1.807, 2.05) is 6.07 Å². The molecule has 1 aliphatic rings. The van der Waals surface area contributed by atoms with Gasteiger partial charge in [0.05, 0.1) is 4.92 Å². The second kappa shape index (κ2) is 5.56. The fraction of sp³-hybridized carbons (Fsp3) is 0.294. The van der Waals surface area contributed by atoms with Crippen LogP contribution in [0.1, 0.15) is 28.7 Å². The van der Waals surface area contributed by atoms with Crippen LogP contribution in [0.5, 0.6) is 0 Å². The van der Waals surface area contributed by atoms with Gasteiger partial charge in [-0.3, -0.25) is 10.1 Å². The van der Waals surface area contributed by atoms with Gasteiger partial charge >= 0.3 is 0 Å². The van der Waals surface area contributed by atoms with Crippen LogP contribution in [-0.4, -0.2) is 4.92 Å². The molecule has 1 aliphatic carbocycles. The first-order valence-electron chi connectivity index (χ1n) is 7.23. The molecule has 4 heteroatoms. The molecule has 0 aromatic heterocycles. The van der Waals surface area contributed by atoms with E-state index in [9.17, 15) is 10.1 Å². The molecule has 2 aromatic carbocycles. The molecule has 2 aromatic rings. The molecule has 0 amide bonds. The number of nitrogens with zero attached hydrogens (tertiary/aromatic N) is 1. The molecule has 1 N–H and O–H groups in total. The zero-order valence-electron chi connectivity index (χ0n) is 12.1. The minimum atomic E-state index is -0.325. The number of aryl methyl sites for hydroxylation is 3.